The summed E-state index contributed by atoms with van der Waals surface area (Å²) in [5.41, 5.74) is 8.96. The van der Waals surface area contributed by atoms with Crippen molar-refractivity contribution in [3.63, 3.8) is 0 Å². The Kier molecular flexibility index (Phi) is 5.19. The number of hydrogen-bond acceptors (Lipinski definition) is 2. The van der Waals surface area contributed by atoms with Crippen LogP contribution in [0.25, 0.3) is 56.0 Å². The van der Waals surface area contributed by atoms with E-state index in [1.165, 1.54) is 33.1 Å². The molecule has 0 radical (unpaired) electrons. The topological polar surface area (TPSA) is 35.6 Å². The van der Waals surface area contributed by atoms with Gasteiger partial charge in [-0.3, -0.25) is 0 Å². The summed E-state index contributed by atoms with van der Waals surface area (Å²) in [6, 6.07) is 42.2. The number of benzene rings is 5. The lowest BCUT2D eigenvalue weighted by atomic mass is 10.1. The summed E-state index contributed by atoms with van der Waals surface area (Å²) in [4.78, 5) is 5.00. The molecule has 0 bridgehead atoms. The highest BCUT2D eigenvalue weighted by Crippen LogP contribution is 2.35. The van der Waals surface area contributed by atoms with Crippen LogP contribution in [0.3, 0.4) is 0 Å². The second kappa shape index (κ2) is 8.86. The van der Waals surface area contributed by atoms with Crippen LogP contribution in [0.4, 0.5) is 0 Å². The van der Waals surface area contributed by atoms with E-state index in [-0.39, 0.29) is 0 Å². The zero-order valence-electron chi connectivity index (χ0n) is 21.3. The Morgan fingerprint density at radius 3 is 1.66 bits per heavy atom. The van der Waals surface area contributed by atoms with Crippen LogP contribution in [-0.2, 0) is 0 Å². The summed E-state index contributed by atoms with van der Waals surface area (Å²) in [5.74, 6) is 1.55. The van der Waals surface area contributed by atoms with E-state index < -0.39 is 0 Å². The van der Waals surface area contributed by atoms with Gasteiger partial charge in [-0.25, -0.2) is 9.67 Å². The molecular formula is C34H26N4. The Bertz CT molecular complexity index is 1880. The SMILES string of the molecule is Cc1cc(-n2c3ccccc3c3ccccc32)c(C)cc1-n1nc(-c2ccccc2)nc1-c1ccccc1. The lowest BCUT2D eigenvalue weighted by molar-refractivity contribution is 0.879. The van der Waals surface area contributed by atoms with Crippen LogP contribution in [0, 0.1) is 13.8 Å². The molecule has 0 aliphatic carbocycles. The monoisotopic (exact) mass is 490 g/mol. The molecule has 0 saturated heterocycles. The number of fused-ring (bicyclic) bond motifs is 3. The molecule has 0 spiro atoms. The first-order chi connectivity index (χ1) is 18.7. The van der Waals surface area contributed by atoms with Crippen molar-refractivity contribution in [2.24, 2.45) is 0 Å². The van der Waals surface area contributed by atoms with Crippen molar-refractivity contribution in [1.29, 1.82) is 0 Å². The third kappa shape index (κ3) is 3.53. The molecule has 7 rings (SSSR count). The minimum absolute atomic E-state index is 0.716. The van der Waals surface area contributed by atoms with Gasteiger partial charge in [0.15, 0.2) is 11.6 Å². The van der Waals surface area contributed by atoms with Crippen molar-refractivity contribution >= 4 is 21.8 Å². The number of aryl methyl sites for hydroxylation is 2. The fourth-order valence-corrected chi connectivity index (χ4v) is 5.40. The Balaban J connectivity index is 1.45. The van der Waals surface area contributed by atoms with E-state index in [1.807, 2.05) is 41.1 Å². The standard InChI is InChI=1S/C34H26N4/c1-23-22-32(38-34(26-15-7-4-8-16-26)35-33(36-38)25-13-5-3-6-14-25)24(2)21-31(23)37-29-19-11-9-17-27(29)28-18-10-12-20-30(28)37/h3-22H,1-2H3. The van der Waals surface area contributed by atoms with Gasteiger partial charge in [0.2, 0.25) is 0 Å². The zero-order valence-corrected chi connectivity index (χ0v) is 21.3. The molecule has 0 aliphatic rings. The number of para-hydroxylation sites is 2. The molecule has 2 heterocycles. The van der Waals surface area contributed by atoms with Crippen LogP contribution in [0.5, 0.6) is 0 Å². The van der Waals surface area contributed by atoms with Crippen molar-refractivity contribution in [1.82, 2.24) is 19.3 Å². The van der Waals surface area contributed by atoms with Crippen molar-refractivity contribution < 1.29 is 0 Å². The zero-order chi connectivity index (χ0) is 25.6. The summed E-state index contributed by atoms with van der Waals surface area (Å²) in [6.07, 6.45) is 0. The molecule has 0 saturated carbocycles. The first kappa shape index (κ1) is 22.3. The number of nitrogens with zero attached hydrogens (tertiary/aromatic N) is 4. The van der Waals surface area contributed by atoms with Crippen LogP contribution in [0.2, 0.25) is 0 Å². The van der Waals surface area contributed by atoms with Gasteiger partial charge in [0.05, 0.1) is 16.7 Å². The normalized spacial score (nSPS) is 11.4. The maximum absolute atomic E-state index is 5.02. The quantitative estimate of drug-likeness (QED) is 0.249. The highest BCUT2D eigenvalue weighted by atomic mass is 15.4. The molecule has 0 unspecified atom stereocenters. The Labute approximate surface area is 221 Å². The molecule has 5 aromatic carbocycles. The summed E-state index contributed by atoms with van der Waals surface area (Å²) in [5, 5.41) is 7.55. The van der Waals surface area contributed by atoms with E-state index in [0.29, 0.717) is 5.82 Å². The first-order valence-electron chi connectivity index (χ1n) is 12.9. The number of aromatic nitrogens is 4. The lowest BCUT2D eigenvalue weighted by Crippen LogP contribution is -2.05. The van der Waals surface area contributed by atoms with Gasteiger partial charge in [-0.05, 0) is 49.2 Å². The van der Waals surface area contributed by atoms with Gasteiger partial charge in [-0.1, -0.05) is 97.1 Å². The molecular weight excluding hydrogens is 464 g/mol. The summed E-state index contributed by atoms with van der Waals surface area (Å²) < 4.78 is 4.38. The second-order valence-electron chi connectivity index (χ2n) is 9.70. The van der Waals surface area contributed by atoms with Crippen molar-refractivity contribution in [2.75, 3.05) is 0 Å². The number of rotatable bonds is 4. The van der Waals surface area contributed by atoms with E-state index in [1.54, 1.807) is 0 Å². The second-order valence-corrected chi connectivity index (χ2v) is 9.70. The van der Waals surface area contributed by atoms with Gasteiger partial charge in [-0.2, -0.15) is 0 Å². The van der Waals surface area contributed by atoms with Crippen LogP contribution in [0.15, 0.2) is 121 Å². The maximum Gasteiger partial charge on any atom is 0.182 e. The molecule has 0 N–H and O–H groups in total. The maximum atomic E-state index is 5.02. The molecule has 182 valence electrons. The van der Waals surface area contributed by atoms with E-state index in [2.05, 4.69) is 103 Å². The average molecular weight is 491 g/mol. The molecule has 7 aromatic rings. The fourth-order valence-electron chi connectivity index (χ4n) is 5.40. The van der Waals surface area contributed by atoms with Crippen LogP contribution >= 0.6 is 0 Å². The van der Waals surface area contributed by atoms with Crippen LogP contribution in [-0.4, -0.2) is 19.3 Å². The van der Waals surface area contributed by atoms with E-state index in [4.69, 9.17) is 10.1 Å². The molecule has 2 aromatic heterocycles. The lowest BCUT2D eigenvalue weighted by Gasteiger charge is -2.16. The fraction of sp³-hybridized carbons (Fsp3) is 0.0588. The van der Waals surface area contributed by atoms with Gasteiger partial charge in [0.25, 0.3) is 0 Å². The number of hydrogen-bond donors (Lipinski definition) is 0. The van der Waals surface area contributed by atoms with Crippen molar-refractivity contribution in [3.05, 3.63) is 132 Å². The Hall–Kier alpha value is -4.96. The predicted octanol–water partition coefficient (Wildman–Crippen LogP) is 8.32. The molecule has 0 amide bonds. The van der Waals surface area contributed by atoms with Crippen molar-refractivity contribution in [3.8, 4) is 34.2 Å². The molecule has 38 heavy (non-hydrogen) atoms. The van der Waals surface area contributed by atoms with Gasteiger partial charge in [0.1, 0.15) is 0 Å². The minimum Gasteiger partial charge on any atom is -0.309 e. The Morgan fingerprint density at radius 2 is 1.03 bits per heavy atom. The summed E-state index contributed by atoms with van der Waals surface area (Å²) in [6.45, 7) is 4.34. The van der Waals surface area contributed by atoms with Crippen LogP contribution < -0.4 is 0 Å². The summed E-state index contributed by atoms with van der Waals surface area (Å²) >= 11 is 0. The third-order valence-electron chi connectivity index (χ3n) is 7.23. The van der Waals surface area contributed by atoms with E-state index in [9.17, 15) is 0 Å². The van der Waals surface area contributed by atoms with Crippen molar-refractivity contribution in [2.45, 2.75) is 13.8 Å². The highest BCUT2D eigenvalue weighted by molar-refractivity contribution is 6.09. The first-order valence-corrected chi connectivity index (χ1v) is 12.9. The van der Waals surface area contributed by atoms with E-state index >= 15 is 0 Å². The molecule has 0 aliphatic heterocycles. The largest absolute Gasteiger partial charge is 0.309 e. The highest BCUT2D eigenvalue weighted by Gasteiger charge is 2.19. The van der Waals surface area contributed by atoms with Gasteiger partial charge < -0.3 is 4.57 Å². The molecule has 4 heteroatoms. The van der Waals surface area contributed by atoms with Gasteiger partial charge >= 0.3 is 0 Å². The minimum atomic E-state index is 0.716. The van der Waals surface area contributed by atoms with Crippen LogP contribution in [0.1, 0.15) is 11.1 Å². The van der Waals surface area contributed by atoms with E-state index in [0.717, 1.165) is 28.2 Å². The summed E-state index contributed by atoms with van der Waals surface area (Å²) in [7, 11) is 0. The average Bonchev–Trinajstić information content (AvgIpc) is 3.55. The molecule has 0 atom stereocenters. The predicted molar refractivity (Wildman–Crippen MR) is 156 cm³/mol. The van der Waals surface area contributed by atoms with Gasteiger partial charge in [0, 0.05) is 27.6 Å². The third-order valence-corrected chi connectivity index (χ3v) is 7.23. The van der Waals surface area contributed by atoms with Gasteiger partial charge in [-0.15, -0.1) is 5.10 Å². The molecule has 0 fully saturated rings. The molecule has 4 nitrogen and oxygen atoms in total. The smallest absolute Gasteiger partial charge is 0.182 e. The Morgan fingerprint density at radius 1 is 0.526 bits per heavy atom.